The Hall–Kier alpha value is -5.67. The molecule has 0 saturated carbocycles. The maximum Gasteiger partial charge on any atom is 0.274 e. The van der Waals surface area contributed by atoms with Crippen LogP contribution in [-0.2, 0) is 0 Å². The summed E-state index contributed by atoms with van der Waals surface area (Å²) in [6.45, 7) is 1.75. The molecule has 0 saturated heterocycles. The number of amides is 1. The van der Waals surface area contributed by atoms with Crippen LogP contribution in [-0.4, -0.2) is 25.8 Å². The van der Waals surface area contributed by atoms with Gasteiger partial charge in [0, 0.05) is 22.7 Å². The second-order valence-corrected chi connectivity index (χ2v) is 8.51. The summed E-state index contributed by atoms with van der Waals surface area (Å²) in [6.07, 6.45) is 1.72. The van der Waals surface area contributed by atoms with E-state index in [-0.39, 0.29) is 17.2 Å². The zero-order chi connectivity index (χ0) is 26.6. The fraction of sp³-hybridized carbons (Fsp3) is 0.0690. The van der Waals surface area contributed by atoms with Crippen LogP contribution in [0.3, 0.4) is 0 Å². The second-order valence-electron chi connectivity index (χ2n) is 8.51. The van der Waals surface area contributed by atoms with E-state index < -0.39 is 11.9 Å². The lowest BCUT2D eigenvalue weighted by Gasteiger charge is -2.16. The van der Waals surface area contributed by atoms with Crippen molar-refractivity contribution in [1.82, 2.24) is 25.3 Å². The molecule has 0 aliphatic heterocycles. The van der Waals surface area contributed by atoms with Crippen LogP contribution in [0.4, 0.5) is 5.82 Å². The Balaban J connectivity index is 1.61. The number of benzene rings is 2. The molecule has 0 aliphatic rings. The minimum Gasteiger partial charge on any atom is -0.382 e. The number of nitrogen functional groups attached to an aromatic ring is 1. The number of nitrogens with zero attached hydrogens (tertiary/aromatic N) is 6. The van der Waals surface area contributed by atoms with Crippen LogP contribution >= 0.6 is 0 Å². The lowest BCUT2D eigenvalue weighted by atomic mass is 10.0. The van der Waals surface area contributed by atoms with E-state index >= 15 is 0 Å². The number of hydrogen-bond donors (Lipinski definition) is 2. The van der Waals surface area contributed by atoms with Crippen molar-refractivity contribution < 1.29 is 4.79 Å². The van der Waals surface area contributed by atoms with Crippen LogP contribution in [0, 0.1) is 22.7 Å². The van der Waals surface area contributed by atoms with Gasteiger partial charge >= 0.3 is 0 Å². The first kappa shape index (κ1) is 24.0. The van der Waals surface area contributed by atoms with E-state index in [0.717, 1.165) is 10.9 Å². The Bertz CT molecular complexity index is 1780. The molecule has 1 atom stereocenters. The van der Waals surface area contributed by atoms with Crippen LogP contribution in [0.5, 0.6) is 0 Å². The number of aromatic nitrogens is 4. The molecule has 9 nitrogen and oxygen atoms in total. The zero-order valence-corrected chi connectivity index (χ0v) is 20.3. The first-order valence-electron chi connectivity index (χ1n) is 11.7. The molecule has 0 aliphatic carbocycles. The maximum atomic E-state index is 13.3. The third-order valence-corrected chi connectivity index (χ3v) is 5.96. The number of hydrogen-bond acceptors (Lipinski definition) is 8. The molecule has 38 heavy (non-hydrogen) atoms. The predicted molar refractivity (Wildman–Crippen MR) is 142 cm³/mol. The summed E-state index contributed by atoms with van der Waals surface area (Å²) >= 11 is 0. The largest absolute Gasteiger partial charge is 0.382 e. The summed E-state index contributed by atoms with van der Waals surface area (Å²) in [5.41, 5.74) is 10.5. The molecule has 3 heterocycles. The van der Waals surface area contributed by atoms with Crippen molar-refractivity contribution in [3.8, 4) is 34.7 Å². The molecule has 2 aromatic carbocycles. The molecular formula is C29H20N8O. The summed E-state index contributed by atoms with van der Waals surface area (Å²) in [5.74, 6) is -0.593. The van der Waals surface area contributed by atoms with Crippen molar-refractivity contribution >= 4 is 22.6 Å². The Morgan fingerprint density at radius 1 is 0.895 bits per heavy atom. The number of nitriles is 2. The minimum atomic E-state index is -0.535. The van der Waals surface area contributed by atoms with E-state index in [0.29, 0.717) is 33.8 Å². The van der Waals surface area contributed by atoms with Gasteiger partial charge in [-0.15, -0.1) is 0 Å². The SMILES string of the molecule is C[C@@H](NC(=O)c1nc(-c2ccc3ncccc3c2)c(-c2cccc(C#N)c2)nc1N)c1cccc(C#N)n1. The zero-order valence-electron chi connectivity index (χ0n) is 20.3. The summed E-state index contributed by atoms with van der Waals surface area (Å²) in [6, 6.07) is 25.0. The van der Waals surface area contributed by atoms with Crippen LogP contribution < -0.4 is 11.1 Å². The highest BCUT2D eigenvalue weighted by Crippen LogP contribution is 2.33. The Kier molecular flexibility index (Phi) is 6.41. The van der Waals surface area contributed by atoms with Gasteiger partial charge in [-0.2, -0.15) is 10.5 Å². The standard InChI is InChI=1S/C29H20N8O/c1-17(23-9-3-8-22(16-31)35-23)34-29(38)27-28(32)37-26(20-6-2-5-18(13-20)15-30)25(36-27)21-10-11-24-19(14-21)7-4-12-33-24/h2-14,17H,1H3,(H2,32,37)(H,34,38)/t17-/m1/s1. The van der Waals surface area contributed by atoms with Gasteiger partial charge in [0.1, 0.15) is 11.8 Å². The van der Waals surface area contributed by atoms with Gasteiger partial charge in [-0.25, -0.2) is 15.0 Å². The van der Waals surface area contributed by atoms with E-state index in [2.05, 4.69) is 31.3 Å². The van der Waals surface area contributed by atoms with Gasteiger partial charge in [0.2, 0.25) is 0 Å². The first-order chi connectivity index (χ1) is 18.5. The summed E-state index contributed by atoms with van der Waals surface area (Å²) < 4.78 is 0. The number of anilines is 1. The summed E-state index contributed by atoms with van der Waals surface area (Å²) in [7, 11) is 0. The van der Waals surface area contributed by atoms with E-state index in [1.807, 2.05) is 42.5 Å². The molecule has 5 aromatic rings. The molecule has 1 amide bonds. The molecule has 3 N–H and O–H groups in total. The van der Waals surface area contributed by atoms with Crippen molar-refractivity contribution in [2.45, 2.75) is 13.0 Å². The minimum absolute atomic E-state index is 0.0465. The fourth-order valence-corrected chi connectivity index (χ4v) is 4.07. The van der Waals surface area contributed by atoms with Crippen molar-refractivity contribution in [1.29, 1.82) is 10.5 Å². The average Bonchev–Trinajstić information content (AvgIpc) is 2.96. The molecule has 9 heteroatoms. The Morgan fingerprint density at radius 3 is 2.50 bits per heavy atom. The van der Waals surface area contributed by atoms with Gasteiger partial charge in [0.25, 0.3) is 5.91 Å². The quantitative estimate of drug-likeness (QED) is 0.358. The topological polar surface area (TPSA) is 154 Å². The Morgan fingerprint density at radius 2 is 1.68 bits per heavy atom. The molecule has 0 bridgehead atoms. The molecule has 182 valence electrons. The summed E-state index contributed by atoms with van der Waals surface area (Å²) in [5, 5.41) is 22.3. The van der Waals surface area contributed by atoms with Gasteiger partial charge in [-0.05, 0) is 49.4 Å². The van der Waals surface area contributed by atoms with Gasteiger partial charge in [-0.1, -0.05) is 30.3 Å². The first-order valence-corrected chi connectivity index (χ1v) is 11.7. The molecule has 0 unspecified atom stereocenters. The lowest BCUT2D eigenvalue weighted by molar-refractivity contribution is 0.0935. The number of fused-ring (bicyclic) bond motifs is 1. The molecule has 0 fully saturated rings. The number of carbonyl (C=O) groups is 1. The van der Waals surface area contributed by atoms with Gasteiger partial charge in [0.05, 0.1) is 40.3 Å². The Labute approximate surface area is 218 Å². The molecular weight excluding hydrogens is 476 g/mol. The van der Waals surface area contributed by atoms with Crippen LogP contribution in [0.25, 0.3) is 33.4 Å². The van der Waals surface area contributed by atoms with Crippen LogP contribution in [0.2, 0.25) is 0 Å². The van der Waals surface area contributed by atoms with Gasteiger partial charge in [0.15, 0.2) is 11.5 Å². The normalized spacial score (nSPS) is 11.3. The number of nitrogens with two attached hydrogens (primary N) is 1. The van der Waals surface area contributed by atoms with E-state index in [9.17, 15) is 10.1 Å². The highest BCUT2D eigenvalue weighted by atomic mass is 16.2. The van der Waals surface area contributed by atoms with Crippen molar-refractivity contribution in [2.75, 3.05) is 5.73 Å². The van der Waals surface area contributed by atoms with E-state index in [1.165, 1.54) is 0 Å². The van der Waals surface area contributed by atoms with Crippen molar-refractivity contribution in [3.05, 3.63) is 102 Å². The van der Waals surface area contributed by atoms with Crippen molar-refractivity contribution in [3.63, 3.8) is 0 Å². The van der Waals surface area contributed by atoms with Gasteiger partial charge < -0.3 is 11.1 Å². The van der Waals surface area contributed by atoms with Crippen molar-refractivity contribution in [2.24, 2.45) is 0 Å². The van der Waals surface area contributed by atoms with E-state index in [4.69, 9.17) is 11.0 Å². The number of carbonyl (C=O) groups excluding carboxylic acids is 1. The third-order valence-electron chi connectivity index (χ3n) is 5.96. The maximum absolute atomic E-state index is 13.3. The number of nitrogens with one attached hydrogen (secondary N) is 1. The monoisotopic (exact) mass is 496 g/mol. The highest BCUT2D eigenvalue weighted by molar-refractivity contribution is 5.98. The average molecular weight is 497 g/mol. The molecule has 0 radical (unpaired) electrons. The number of pyridine rings is 2. The lowest BCUT2D eigenvalue weighted by Crippen LogP contribution is -2.29. The predicted octanol–water partition coefficient (Wildman–Crippen LogP) is 4.57. The summed E-state index contributed by atoms with van der Waals surface area (Å²) in [4.78, 5) is 31.2. The molecule has 0 spiro atoms. The fourth-order valence-electron chi connectivity index (χ4n) is 4.07. The smallest absolute Gasteiger partial charge is 0.274 e. The molecule has 3 aromatic heterocycles. The number of rotatable bonds is 5. The van der Waals surface area contributed by atoms with Crippen LogP contribution in [0.1, 0.15) is 40.4 Å². The van der Waals surface area contributed by atoms with Gasteiger partial charge in [-0.3, -0.25) is 9.78 Å². The van der Waals surface area contributed by atoms with E-state index in [1.54, 1.807) is 49.5 Å². The second kappa shape index (κ2) is 10.1. The molecule has 5 rings (SSSR count). The van der Waals surface area contributed by atoms with Crippen LogP contribution in [0.15, 0.2) is 79.0 Å². The third kappa shape index (κ3) is 4.72. The highest BCUT2D eigenvalue weighted by Gasteiger charge is 2.22.